The Labute approximate surface area is 178 Å². The van der Waals surface area contributed by atoms with Crippen molar-refractivity contribution in [3.8, 4) is 0 Å². The fourth-order valence-electron chi connectivity index (χ4n) is 1.76. The molecule has 0 saturated heterocycles. The Morgan fingerprint density at radius 2 is 1.18 bits per heavy atom. The van der Waals surface area contributed by atoms with E-state index in [0.29, 0.717) is 49.5 Å². The fraction of sp³-hybridized carbons (Fsp3) is 0.571. The number of halogens is 2. The summed E-state index contributed by atoms with van der Waals surface area (Å²) in [5, 5.41) is 23.1. The quantitative estimate of drug-likeness (QED) is 0.334. The van der Waals surface area contributed by atoms with Crippen LogP contribution in [0.2, 0.25) is 0 Å². The molecule has 2 rings (SSSR count). The van der Waals surface area contributed by atoms with Crippen molar-refractivity contribution in [3.05, 3.63) is 10.0 Å². The minimum Gasteiger partial charge on any atom is -0.379 e. The van der Waals surface area contributed by atoms with E-state index in [-0.39, 0.29) is 23.6 Å². The molecule has 0 aliphatic rings. The Morgan fingerprint density at radius 3 is 1.57 bits per heavy atom. The van der Waals surface area contributed by atoms with Crippen LogP contribution in [0.25, 0.3) is 0 Å². The first kappa shape index (κ1) is 22.8. The third-order valence-electron chi connectivity index (χ3n) is 2.96. The average Bonchev–Trinajstić information content (AvgIpc) is 3.33. The number of ether oxygens (including phenoxy) is 2. The highest BCUT2D eigenvalue weighted by atomic mass is 35.5. The highest BCUT2D eigenvalue weighted by Crippen LogP contribution is 2.16. The molecule has 2 amide bonds. The molecule has 2 aromatic rings. The summed E-state index contributed by atoms with van der Waals surface area (Å²) in [7, 11) is 0. The number of rotatable bonds is 13. The maximum absolute atomic E-state index is 11.2. The summed E-state index contributed by atoms with van der Waals surface area (Å²) >= 11 is 13.4. The van der Waals surface area contributed by atoms with Gasteiger partial charge in [-0.1, -0.05) is 22.7 Å². The smallest absolute Gasteiger partial charge is 0.241 e. The van der Waals surface area contributed by atoms with Crippen LogP contribution in [0.4, 0.5) is 10.3 Å². The third kappa shape index (κ3) is 8.71. The van der Waals surface area contributed by atoms with Crippen molar-refractivity contribution >= 4 is 68.0 Å². The van der Waals surface area contributed by atoms with E-state index in [1.165, 1.54) is 22.7 Å². The SMILES string of the molecule is O=C(CCl)Nc1nnc(CCOCCOCCc2nnc(NC(=O)CCl)s2)s1. The lowest BCUT2D eigenvalue weighted by Gasteiger charge is -2.04. The number of nitrogens with one attached hydrogen (secondary N) is 2. The number of alkyl halides is 2. The number of hydrogen-bond acceptors (Lipinski definition) is 10. The lowest BCUT2D eigenvalue weighted by molar-refractivity contribution is -0.114. The maximum Gasteiger partial charge on any atom is 0.241 e. The molecule has 28 heavy (non-hydrogen) atoms. The van der Waals surface area contributed by atoms with E-state index < -0.39 is 0 Å². The Bertz CT molecular complexity index is 698. The van der Waals surface area contributed by atoms with E-state index in [0.717, 1.165) is 10.0 Å². The summed E-state index contributed by atoms with van der Waals surface area (Å²) in [4.78, 5) is 22.3. The Hall–Kier alpha value is -1.44. The molecule has 2 N–H and O–H groups in total. The first-order chi connectivity index (χ1) is 13.6. The molecule has 10 nitrogen and oxygen atoms in total. The largest absolute Gasteiger partial charge is 0.379 e. The van der Waals surface area contributed by atoms with E-state index in [9.17, 15) is 9.59 Å². The van der Waals surface area contributed by atoms with Gasteiger partial charge in [0, 0.05) is 12.8 Å². The van der Waals surface area contributed by atoms with Gasteiger partial charge in [-0.2, -0.15) is 0 Å². The lowest BCUT2D eigenvalue weighted by atomic mass is 10.5. The number of amides is 2. The highest BCUT2D eigenvalue weighted by molar-refractivity contribution is 7.15. The van der Waals surface area contributed by atoms with Crippen LogP contribution in [0.1, 0.15) is 10.0 Å². The van der Waals surface area contributed by atoms with Crippen molar-refractivity contribution in [2.45, 2.75) is 12.8 Å². The Kier molecular flexibility index (Phi) is 10.5. The van der Waals surface area contributed by atoms with Gasteiger partial charge in [0.2, 0.25) is 22.1 Å². The summed E-state index contributed by atoms with van der Waals surface area (Å²) in [6, 6.07) is 0. The summed E-state index contributed by atoms with van der Waals surface area (Å²) in [6.45, 7) is 1.84. The van der Waals surface area contributed by atoms with E-state index >= 15 is 0 Å². The second kappa shape index (κ2) is 12.9. The summed E-state index contributed by atoms with van der Waals surface area (Å²) in [6.07, 6.45) is 1.19. The molecular weight excluding hydrogens is 451 g/mol. The van der Waals surface area contributed by atoms with E-state index in [1.54, 1.807) is 0 Å². The van der Waals surface area contributed by atoms with Crippen LogP contribution in [-0.2, 0) is 31.9 Å². The van der Waals surface area contributed by atoms with E-state index in [2.05, 4.69) is 31.0 Å². The molecule has 0 unspecified atom stereocenters. The molecule has 154 valence electrons. The van der Waals surface area contributed by atoms with Gasteiger partial charge in [0.05, 0.1) is 26.4 Å². The van der Waals surface area contributed by atoms with Crippen LogP contribution in [0, 0.1) is 0 Å². The first-order valence-corrected chi connectivity index (χ1v) is 10.8. The van der Waals surface area contributed by atoms with Gasteiger partial charge in [-0.3, -0.25) is 20.2 Å². The van der Waals surface area contributed by atoms with Gasteiger partial charge in [0.25, 0.3) is 0 Å². The number of carbonyl (C=O) groups excluding carboxylic acids is 2. The zero-order chi connectivity index (χ0) is 20.2. The molecule has 0 saturated carbocycles. The van der Waals surface area contributed by atoms with Crippen molar-refractivity contribution in [2.75, 3.05) is 48.8 Å². The zero-order valence-corrected chi connectivity index (χ0v) is 17.8. The molecular formula is C14H18Cl2N6O4S2. The second-order valence-corrected chi connectivity index (χ2v) is 7.75. The Balaban J connectivity index is 1.50. The molecule has 14 heteroatoms. The van der Waals surface area contributed by atoms with Gasteiger partial charge in [0.15, 0.2) is 0 Å². The number of nitrogens with zero attached hydrogens (tertiary/aromatic N) is 4. The van der Waals surface area contributed by atoms with Crippen LogP contribution in [0.3, 0.4) is 0 Å². The molecule has 0 aliphatic heterocycles. The summed E-state index contributed by atoms with van der Waals surface area (Å²) < 4.78 is 11.0. The van der Waals surface area contributed by atoms with Crippen LogP contribution < -0.4 is 10.6 Å². The molecule has 2 heterocycles. The zero-order valence-electron chi connectivity index (χ0n) is 14.7. The van der Waals surface area contributed by atoms with Gasteiger partial charge in [-0.05, 0) is 0 Å². The molecule has 0 bridgehead atoms. The molecule has 0 aliphatic carbocycles. The minimum atomic E-state index is -0.317. The average molecular weight is 469 g/mol. The Morgan fingerprint density at radius 1 is 0.750 bits per heavy atom. The number of carbonyl (C=O) groups is 2. The monoisotopic (exact) mass is 468 g/mol. The fourth-order valence-corrected chi connectivity index (χ4v) is 3.36. The van der Waals surface area contributed by atoms with Gasteiger partial charge < -0.3 is 9.47 Å². The van der Waals surface area contributed by atoms with Gasteiger partial charge in [-0.15, -0.1) is 43.6 Å². The lowest BCUT2D eigenvalue weighted by Crippen LogP contribution is -2.12. The summed E-state index contributed by atoms with van der Waals surface area (Å²) in [5.74, 6) is -0.879. The van der Waals surface area contributed by atoms with Gasteiger partial charge in [0.1, 0.15) is 21.8 Å². The molecule has 0 fully saturated rings. The van der Waals surface area contributed by atoms with Crippen LogP contribution in [-0.4, -0.2) is 70.4 Å². The minimum absolute atomic E-state index is 0.122. The standard InChI is InChI=1S/C14H18Cl2N6O4S2/c15-7-9(23)17-13-21-19-11(27-13)1-3-25-5-6-26-4-2-12-20-22-14(28-12)18-10(24)8-16/h1-8H2,(H,17,21,23)(H,18,22,24). The van der Waals surface area contributed by atoms with Crippen molar-refractivity contribution in [3.63, 3.8) is 0 Å². The van der Waals surface area contributed by atoms with Crippen molar-refractivity contribution < 1.29 is 19.1 Å². The summed E-state index contributed by atoms with van der Waals surface area (Å²) in [5.41, 5.74) is 0. The van der Waals surface area contributed by atoms with Crippen LogP contribution in [0.15, 0.2) is 0 Å². The number of anilines is 2. The van der Waals surface area contributed by atoms with Gasteiger partial charge >= 0.3 is 0 Å². The van der Waals surface area contributed by atoms with Crippen LogP contribution in [0.5, 0.6) is 0 Å². The molecule has 0 radical (unpaired) electrons. The molecule has 0 atom stereocenters. The predicted molar refractivity (Wildman–Crippen MR) is 108 cm³/mol. The predicted octanol–water partition coefficient (Wildman–Crippen LogP) is 1.56. The maximum atomic E-state index is 11.2. The number of aromatic nitrogens is 4. The van der Waals surface area contributed by atoms with E-state index in [1.807, 2.05) is 0 Å². The highest BCUT2D eigenvalue weighted by Gasteiger charge is 2.08. The first-order valence-electron chi connectivity index (χ1n) is 8.12. The van der Waals surface area contributed by atoms with E-state index in [4.69, 9.17) is 32.7 Å². The third-order valence-corrected chi connectivity index (χ3v) is 5.24. The molecule has 2 aromatic heterocycles. The topological polar surface area (TPSA) is 128 Å². The normalized spacial score (nSPS) is 10.8. The van der Waals surface area contributed by atoms with Crippen molar-refractivity contribution in [1.29, 1.82) is 0 Å². The molecule has 0 aromatic carbocycles. The van der Waals surface area contributed by atoms with Crippen molar-refractivity contribution in [2.24, 2.45) is 0 Å². The molecule has 0 spiro atoms. The number of hydrogen-bond donors (Lipinski definition) is 2. The van der Waals surface area contributed by atoms with Crippen molar-refractivity contribution in [1.82, 2.24) is 20.4 Å². The van der Waals surface area contributed by atoms with Gasteiger partial charge in [-0.25, -0.2) is 0 Å². The van der Waals surface area contributed by atoms with Crippen LogP contribution >= 0.6 is 45.9 Å². The second-order valence-electron chi connectivity index (χ2n) is 5.09.